The smallest absolute Gasteiger partial charge is 0.408 e. The summed E-state index contributed by atoms with van der Waals surface area (Å²) in [6.45, 7) is 6.70. The van der Waals surface area contributed by atoms with Crippen LogP contribution in [0.3, 0.4) is 0 Å². The van der Waals surface area contributed by atoms with E-state index < -0.39 is 23.6 Å². The Labute approximate surface area is 112 Å². The number of aldehydes is 1. The van der Waals surface area contributed by atoms with Crippen molar-refractivity contribution in [2.24, 2.45) is 0 Å². The maximum Gasteiger partial charge on any atom is 0.408 e. The van der Waals surface area contributed by atoms with Crippen LogP contribution in [0.4, 0.5) is 9.18 Å². The molecule has 4 nitrogen and oxygen atoms in total. The molecule has 1 rings (SSSR count). The van der Waals surface area contributed by atoms with Crippen LogP contribution in [0.2, 0.25) is 0 Å². The lowest BCUT2D eigenvalue weighted by Crippen LogP contribution is -2.35. The second-order valence-electron chi connectivity index (χ2n) is 5.24. The average Bonchev–Trinajstić information content (AvgIpc) is 2.27. The molecule has 1 aromatic rings. The zero-order valence-electron chi connectivity index (χ0n) is 11.5. The van der Waals surface area contributed by atoms with Crippen molar-refractivity contribution >= 4 is 12.4 Å². The number of amides is 1. The molecule has 1 atom stereocenters. The highest BCUT2D eigenvalue weighted by Gasteiger charge is 2.22. The minimum atomic E-state index is -1.06. The summed E-state index contributed by atoms with van der Waals surface area (Å²) in [5.74, 6) is -0.504. The molecule has 0 radical (unpaired) electrons. The Morgan fingerprint density at radius 1 is 1.42 bits per heavy atom. The monoisotopic (exact) mass is 267 g/mol. The number of ether oxygens (including phenoxy) is 1. The molecule has 0 aliphatic heterocycles. The Morgan fingerprint density at radius 3 is 2.58 bits per heavy atom. The van der Waals surface area contributed by atoms with Crippen LogP contribution in [-0.4, -0.2) is 18.0 Å². The third-order valence-corrected chi connectivity index (χ3v) is 2.37. The van der Waals surface area contributed by atoms with Crippen molar-refractivity contribution in [3.05, 3.63) is 35.1 Å². The van der Waals surface area contributed by atoms with E-state index in [-0.39, 0.29) is 5.56 Å². The predicted octanol–water partition coefficient (Wildman–Crippen LogP) is 2.90. The van der Waals surface area contributed by atoms with Gasteiger partial charge in [0.1, 0.15) is 23.7 Å². The molecule has 0 aromatic heterocycles. The lowest BCUT2D eigenvalue weighted by molar-refractivity contribution is -0.109. The molecule has 1 unspecified atom stereocenters. The predicted molar refractivity (Wildman–Crippen MR) is 69.3 cm³/mol. The van der Waals surface area contributed by atoms with Crippen LogP contribution in [0.25, 0.3) is 0 Å². The first-order valence-electron chi connectivity index (χ1n) is 5.94. The van der Waals surface area contributed by atoms with Gasteiger partial charge in [-0.1, -0.05) is 18.2 Å². The molecule has 0 spiro atoms. The highest BCUT2D eigenvalue weighted by molar-refractivity contribution is 5.74. The number of halogens is 1. The number of benzene rings is 1. The van der Waals surface area contributed by atoms with Crippen molar-refractivity contribution < 1.29 is 18.7 Å². The number of rotatable bonds is 3. The number of hydrogen-bond donors (Lipinski definition) is 1. The van der Waals surface area contributed by atoms with E-state index in [1.54, 1.807) is 39.8 Å². The summed E-state index contributed by atoms with van der Waals surface area (Å²) in [5, 5.41) is 2.34. The fourth-order valence-corrected chi connectivity index (χ4v) is 1.53. The molecular formula is C14H18FNO3. The first-order chi connectivity index (χ1) is 8.74. The Kier molecular flexibility index (Phi) is 4.64. The van der Waals surface area contributed by atoms with Crippen LogP contribution in [0.15, 0.2) is 18.2 Å². The van der Waals surface area contributed by atoms with E-state index in [0.29, 0.717) is 11.8 Å². The number of nitrogens with one attached hydrogen (secondary N) is 1. The zero-order valence-corrected chi connectivity index (χ0v) is 11.5. The van der Waals surface area contributed by atoms with Gasteiger partial charge in [0.2, 0.25) is 0 Å². The summed E-state index contributed by atoms with van der Waals surface area (Å²) in [7, 11) is 0. The van der Waals surface area contributed by atoms with Gasteiger partial charge in [-0.25, -0.2) is 9.18 Å². The van der Waals surface area contributed by atoms with E-state index in [0.717, 1.165) is 0 Å². The second kappa shape index (κ2) is 5.82. The molecular weight excluding hydrogens is 249 g/mol. The van der Waals surface area contributed by atoms with Crippen LogP contribution < -0.4 is 5.32 Å². The molecule has 104 valence electrons. The van der Waals surface area contributed by atoms with Gasteiger partial charge in [-0.05, 0) is 33.3 Å². The van der Waals surface area contributed by atoms with Crippen molar-refractivity contribution in [1.82, 2.24) is 5.32 Å². The van der Waals surface area contributed by atoms with Gasteiger partial charge in [0.05, 0.1) is 0 Å². The summed E-state index contributed by atoms with van der Waals surface area (Å²) < 4.78 is 18.9. The van der Waals surface area contributed by atoms with Gasteiger partial charge in [-0.2, -0.15) is 0 Å². The number of carbonyl (C=O) groups is 2. The van der Waals surface area contributed by atoms with Gasteiger partial charge >= 0.3 is 6.09 Å². The Hall–Kier alpha value is -1.91. The molecule has 1 amide bonds. The normalized spacial score (nSPS) is 12.7. The fraction of sp³-hybridized carbons (Fsp3) is 0.429. The maximum absolute atomic E-state index is 13.9. The van der Waals surface area contributed by atoms with E-state index in [1.807, 2.05) is 0 Å². The van der Waals surface area contributed by atoms with E-state index in [1.165, 1.54) is 6.07 Å². The number of carbonyl (C=O) groups excluding carboxylic acids is 2. The molecule has 0 aliphatic carbocycles. The van der Waals surface area contributed by atoms with E-state index >= 15 is 0 Å². The van der Waals surface area contributed by atoms with Crippen LogP contribution >= 0.6 is 0 Å². The molecule has 0 saturated heterocycles. The lowest BCUT2D eigenvalue weighted by atomic mass is 10.0. The lowest BCUT2D eigenvalue weighted by Gasteiger charge is -2.22. The third-order valence-electron chi connectivity index (χ3n) is 2.37. The Morgan fingerprint density at radius 2 is 2.05 bits per heavy atom. The van der Waals surface area contributed by atoms with Gasteiger partial charge in [0, 0.05) is 5.56 Å². The highest BCUT2D eigenvalue weighted by Crippen LogP contribution is 2.19. The first-order valence-corrected chi connectivity index (χ1v) is 5.94. The van der Waals surface area contributed by atoms with Gasteiger partial charge in [-0.15, -0.1) is 0 Å². The summed E-state index contributed by atoms with van der Waals surface area (Å²) >= 11 is 0. The molecule has 1 aromatic carbocycles. The minimum absolute atomic E-state index is 0.126. The fourth-order valence-electron chi connectivity index (χ4n) is 1.53. The molecule has 0 saturated carbocycles. The van der Waals surface area contributed by atoms with Crippen LogP contribution in [-0.2, 0) is 9.53 Å². The van der Waals surface area contributed by atoms with E-state index in [2.05, 4.69) is 5.32 Å². The van der Waals surface area contributed by atoms with Crippen molar-refractivity contribution in [2.45, 2.75) is 39.3 Å². The summed E-state index contributed by atoms with van der Waals surface area (Å²) in [6.07, 6.45) is -0.285. The quantitative estimate of drug-likeness (QED) is 0.857. The molecule has 0 aliphatic rings. The number of hydrogen-bond acceptors (Lipinski definition) is 3. The summed E-state index contributed by atoms with van der Waals surface area (Å²) in [6, 6.07) is 3.61. The third kappa shape index (κ3) is 4.35. The van der Waals surface area contributed by atoms with Gasteiger partial charge in [0.15, 0.2) is 0 Å². The molecule has 0 heterocycles. The highest BCUT2D eigenvalue weighted by atomic mass is 19.1. The van der Waals surface area contributed by atoms with Crippen LogP contribution in [0, 0.1) is 12.7 Å². The average molecular weight is 267 g/mol. The first kappa shape index (κ1) is 15.1. The topological polar surface area (TPSA) is 55.4 Å². The largest absolute Gasteiger partial charge is 0.444 e. The van der Waals surface area contributed by atoms with Crippen molar-refractivity contribution in [2.75, 3.05) is 0 Å². The van der Waals surface area contributed by atoms with Gasteiger partial charge in [-0.3, -0.25) is 0 Å². The minimum Gasteiger partial charge on any atom is -0.444 e. The maximum atomic E-state index is 13.9. The van der Waals surface area contributed by atoms with Crippen molar-refractivity contribution in [3.8, 4) is 0 Å². The number of aryl methyl sites for hydroxylation is 1. The van der Waals surface area contributed by atoms with Crippen molar-refractivity contribution in [1.29, 1.82) is 0 Å². The van der Waals surface area contributed by atoms with Crippen LogP contribution in [0.1, 0.15) is 37.9 Å². The number of alkyl carbamates (subject to hydrolysis) is 1. The zero-order chi connectivity index (χ0) is 14.6. The van der Waals surface area contributed by atoms with Gasteiger partial charge < -0.3 is 14.8 Å². The summed E-state index contributed by atoms with van der Waals surface area (Å²) in [4.78, 5) is 22.6. The van der Waals surface area contributed by atoms with E-state index in [4.69, 9.17) is 4.74 Å². The SMILES string of the molecule is Cc1cccc(C(C=O)NC(=O)OC(C)(C)C)c1F. The van der Waals surface area contributed by atoms with Gasteiger partial charge in [0.25, 0.3) is 0 Å². The summed E-state index contributed by atoms with van der Waals surface area (Å²) in [5.41, 5.74) is -0.140. The Balaban J connectivity index is 2.87. The molecule has 5 heteroatoms. The van der Waals surface area contributed by atoms with Crippen LogP contribution in [0.5, 0.6) is 0 Å². The Bertz CT molecular complexity index is 480. The molecule has 0 bridgehead atoms. The van der Waals surface area contributed by atoms with E-state index in [9.17, 15) is 14.0 Å². The molecule has 0 fully saturated rings. The second-order valence-corrected chi connectivity index (χ2v) is 5.24. The van der Waals surface area contributed by atoms with Crippen molar-refractivity contribution in [3.63, 3.8) is 0 Å². The standard InChI is InChI=1S/C14H18FNO3/c1-9-6-5-7-10(12(9)15)11(8-17)16-13(18)19-14(2,3)4/h5-8,11H,1-4H3,(H,16,18). The molecule has 1 N–H and O–H groups in total. The molecule has 19 heavy (non-hydrogen) atoms.